The lowest BCUT2D eigenvalue weighted by Crippen LogP contribution is -2.13. The molecule has 0 fully saturated rings. The van der Waals surface area contributed by atoms with Gasteiger partial charge in [-0.25, -0.2) is 4.85 Å². The summed E-state index contributed by atoms with van der Waals surface area (Å²) in [5, 5.41) is 17.0. The summed E-state index contributed by atoms with van der Waals surface area (Å²) < 4.78 is 0. The van der Waals surface area contributed by atoms with Crippen molar-refractivity contribution in [2.75, 3.05) is 9.80 Å². The molecule has 0 aliphatic rings. The van der Waals surface area contributed by atoms with E-state index in [0.717, 1.165) is 34.1 Å². The Bertz CT molecular complexity index is 2690. The van der Waals surface area contributed by atoms with Crippen molar-refractivity contribution in [1.82, 2.24) is 0 Å². The topological polar surface area (TPSA) is 34.6 Å². The zero-order valence-electron chi connectivity index (χ0n) is 30.7. The Hall–Kier alpha value is -6.62. The summed E-state index contributed by atoms with van der Waals surface area (Å²) >= 11 is 0. The van der Waals surface area contributed by atoms with Crippen LogP contribution in [0.1, 0.15) is 61.8 Å². The van der Waals surface area contributed by atoms with E-state index in [0.29, 0.717) is 11.3 Å². The molecule has 4 heteroatoms. The highest BCUT2D eigenvalue weighted by atomic mass is 15.1. The van der Waals surface area contributed by atoms with E-state index in [1.165, 1.54) is 49.0 Å². The van der Waals surface area contributed by atoms with E-state index >= 15 is 0 Å². The molecule has 0 N–H and O–H groups in total. The Kier molecular flexibility index (Phi) is 8.54. The number of rotatable bonds is 8. The molecule has 8 rings (SSSR count). The maximum absolute atomic E-state index is 9.62. The van der Waals surface area contributed by atoms with Crippen LogP contribution in [-0.4, -0.2) is 0 Å². The van der Waals surface area contributed by atoms with Gasteiger partial charge >= 0.3 is 0 Å². The molecule has 4 nitrogen and oxygen atoms in total. The van der Waals surface area contributed by atoms with E-state index in [1.54, 1.807) is 0 Å². The van der Waals surface area contributed by atoms with Gasteiger partial charge in [0.1, 0.15) is 0 Å². The Balaban J connectivity index is 1.51. The summed E-state index contributed by atoms with van der Waals surface area (Å²) in [4.78, 5) is 8.38. The fourth-order valence-corrected chi connectivity index (χ4v) is 7.89. The van der Waals surface area contributed by atoms with Crippen LogP contribution in [-0.2, 0) is 0 Å². The van der Waals surface area contributed by atoms with Gasteiger partial charge in [0.2, 0.25) is 0 Å². The maximum Gasteiger partial charge on any atom is 0.187 e. The maximum atomic E-state index is 9.62. The molecule has 0 spiro atoms. The van der Waals surface area contributed by atoms with E-state index in [4.69, 9.17) is 6.57 Å². The van der Waals surface area contributed by atoms with Crippen LogP contribution in [0.15, 0.2) is 140 Å². The van der Waals surface area contributed by atoms with Gasteiger partial charge in [0.15, 0.2) is 5.69 Å². The molecule has 0 unspecified atom stereocenters. The summed E-state index contributed by atoms with van der Waals surface area (Å²) in [6.07, 6.45) is 0. The van der Waals surface area contributed by atoms with Crippen molar-refractivity contribution < 1.29 is 0 Å². The monoisotopic (exact) mass is 684 g/mol. The zero-order valence-corrected chi connectivity index (χ0v) is 30.7. The summed E-state index contributed by atoms with van der Waals surface area (Å²) in [5.74, 6) is 0.538. The van der Waals surface area contributed by atoms with Gasteiger partial charge in [-0.3, -0.25) is 0 Å². The largest absolute Gasteiger partial charge is 0.310 e. The van der Waals surface area contributed by atoms with Crippen molar-refractivity contribution in [2.24, 2.45) is 0 Å². The first-order chi connectivity index (χ1) is 25.8. The van der Waals surface area contributed by atoms with Crippen molar-refractivity contribution >= 4 is 72.1 Å². The molecule has 0 saturated carbocycles. The second kappa shape index (κ2) is 13.5. The fraction of sp³-hybridized carbons (Fsp3) is 0.143. The van der Waals surface area contributed by atoms with Gasteiger partial charge < -0.3 is 9.80 Å². The van der Waals surface area contributed by atoms with Gasteiger partial charge in [-0.15, -0.1) is 0 Å². The molecule has 0 aliphatic heterocycles. The standard InChI is InChI=1S/C49H40N4/c1-31(2)44-28-46(52(36-12-8-7-9-13-36)37-19-15-34(30-50)16-20-37)42-25-23-41-45(32(3)4)29-47(43-26-24-40(44)48(42)49(41)43)53(39-14-10-11-33(5)27-39)38-21-17-35(51-6)18-22-38/h7-29,31-32H,1-5H3. The summed E-state index contributed by atoms with van der Waals surface area (Å²) in [6, 6.07) is 51.3. The van der Waals surface area contributed by atoms with Crippen molar-refractivity contribution in [3.63, 3.8) is 0 Å². The first kappa shape index (κ1) is 33.5. The zero-order chi connectivity index (χ0) is 36.8. The van der Waals surface area contributed by atoms with Crippen LogP contribution >= 0.6 is 0 Å². The molecule has 0 atom stereocenters. The van der Waals surface area contributed by atoms with E-state index in [-0.39, 0.29) is 11.8 Å². The van der Waals surface area contributed by atoms with Crippen LogP contribution in [0.5, 0.6) is 0 Å². The lowest BCUT2D eigenvalue weighted by Gasteiger charge is -2.31. The predicted molar refractivity (Wildman–Crippen MR) is 223 cm³/mol. The summed E-state index contributed by atoms with van der Waals surface area (Å²) in [5.41, 5.74) is 11.4. The van der Waals surface area contributed by atoms with E-state index in [2.05, 4.69) is 152 Å². The molecule has 53 heavy (non-hydrogen) atoms. The van der Waals surface area contributed by atoms with Crippen LogP contribution in [0, 0.1) is 24.8 Å². The number of hydrogen-bond donors (Lipinski definition) is 0. The van der Waals surface area contributed by atoms with Crippen LogP contribution in [0.25, 0.3) is 37.2 Å². The van der Waals surface area contributed by atoms with Crippen molar-refractivity contribution in [3.05, 3.63) is 173 Å². The minimum Gasteiger partial charge on any atom is -0.310 e. The third-order valence-corrected chi connectivity index (χ3v) is 10.4. The minimum absolute atomic E-state index is 0.269. The number of aryl methyl sites for hydroxylation is 1. The quantitative estimate of drug-likeness (QED) is 0.118. The third-order valence-electron chi connectivity index (χ3n) is 10.4. The van der Waals surface area contributed by atoms with Gasteiger partial charge in [0.25, 0.3) is 0 Å². The normalized spacial score (nSPS) is 11.4. The van der Waals surface area contributed by atoms with Gasteiger partial charge in [-0.1, -0.05) is 94.4 Å². The SMILES string of the molecule is [C-]#[N+]c1ccc(N(c2cccc(C)c2)c2cc(C(C)C)c3ccc4c(N(c5ccccc5)c5ccc(C#N)cc5)cc(C(C)C)c5ccc2c3c54)cc1. The van der Waals surface area contributed by atoms with E-state index in [9.17, 15) is 5.26 Å². The average Bonchev–Trinajstić information content (AvgIpc) is 3.18. The number of hydrogen-bond acceptors (Lipinski definition) is 3. The lowest BCUT2D eigenvalue weighted by molar-refractivity contribution is 0.875. The first-order valence-corrected chi connectivity index (χ1v) is 18.3. The molecule has 0 bridgehead atoms. The highest BCUT2D eigenvalue weighted by Gasteiger charge is 2.26. The van der Waals surface area contributed by atoms with Crippen LogP contribution in [0.4, 0.5) is 39.8 Å². The highest BCUT2D eigenvalue weighted by molar-refractivity contribution is 6.29. The van der Waals surface area contributed by atoms with Crippen LogP contribution in [0.3, 0.4) is 0 Å². The molecule has 0 heterocycles. The third kappa shape index (κ3) is 5.80. The molecule has 0 saturated heterocycles. The van der Waals surface area contributed by atoms with Gasteiger partial charge in [0, 0.05) is 33.5 Å². The number of nitrogens with zero attached hydrogens (tertiary/aromatic N) is 4. The number of nitriles is 1. The average molecular weight is 685 g/mol. The van der Waals surface area contributed by atoms with Gasteiger partial charge in [0.05, 0.1) is 29.6 Å². The van der Waals surface area contributed by atoms with Crippen molar-refractivity contribution in [1.29, 1.82) is 5.26 Å². The molecule has 0 amide bonds. The molecule has 0 radical (unpaired) electrons. The second-order valence-electron chi connectivity index (χ2n) is 14.5. The molecule has 8 aromatic carbocycles. The minimum atomic E-state index is 0.269. The van der Waals surface area contributed by atoms with E-state index in [1.807, 2.05) is 42.5 Å². The Morgan fingerprint density at radius 2 is 1.00 bits per heavy atom. The number of anilines is 6. The smallest absolute Gasteiger partial charge is 0.187 e. The summed E-state index contributed by atoms with van der Waals surface area (Å²) in [6.45, 7) is 18.9. The molecule has 0 aromatic heterocycles. The van der Waals surface area contributed by atoms with Gasteiger partial charge in [-0.2, -0.15) is 5.26 Å². The number of benzene rings is 8. The second-order valence-corrected chi connectivity index (χ2v) is 14.5. The van der Waals surface area contributed by atoms with E-state index < -0.39 is 0 Å². The van der Waals surface area contributed by atoms with Gasteiger partial charge in [-0.05, 0) is 130 Å². The van der Waals surface area contributed by atoms with Crippen LogP contribution in [0.2, 0.25) is 0 Å². The molecular formula is C49H40N4. The fourth-order valence-electron chi connectivity index (χ4n) is 7.89. The van der Waals surface area contributed by atoms with Crippen LogP contribution < -0.4 is 9.80 Å². The lowest BCUT2D eigenvalue weighted by atomic mass is 9.84. The molecule has 0 aliphatic carbocycles. The van der Waals surface area contributed by atoms with Crippen molar-refractivity contribution in [3.8, 4) is 6.07 Å². The Morgan fingerprint density at radius 3 is 1.49 bits per heavy atom. The van der Waals surface area contributed by atoms with Crippen molar-refractivity contribution in [2.45, 2.75) is 46.5 Å². The molecule has 8 aromatic rings. The molecule has 256 valence electrons. The Morgan fingerprint density at radius 1 is 0.528 bits per heavy atom. The number of para-hydroxylation sites is 1. The molecular weight excluding hydrogens is 645 g/mol. The predicted octanol–water partition coefficient (Wildman–Crippen LogP) is 14.5. The summed E-state index contributed by atoms with van der Waals surface area (Å²) in [7, 11) is 0. The highest BCUT2D eigenvalue weighted by Crippen LogP contribution is 2.51. The first-order valence-electron chi connectivity index (χ1n) is 18.3. The Labute approximate surface area is 311 Å².